The maximum Gasteiger partial charge on any atom is 0.245 e. The highest BCUT2D eigenvalue weighted by molar-refractivity contribution is 5.94. The summed E-state index contributed by atoms with van der Waals surface area (Å²) in [6, 6.07) is 9.25. The van der Waals surface area contributed by atoms with Crippen LogP contribution >= 0.6 is 0 Å². The highest BCUT2D eigenvalue weighted by Gasteiger charge is 2.35. The summed E-state index contributed by atoms with van der Waals surface area (Å²) in [6.45, 7) is 4.20. The monoisotopic (exact) mass is 320 g/mol. The fraction of sp³-hybridized carbons (Fsp3) is 0.529. The molecule has 126 valence electrons. The molecule has 0 N–H and O–H groups in total. The Labute approximate surface area is 137 Å². The predicted molar refractivity (Wildman–Crippen MR) is 85.7 cm³/mol. The van der Waals surface area contributed by atoms with Gasteiger partial charge >= 0.3 is 0 Å². The molecule has 23 heavy (non-hydrogen) atoms. The van der Waals surface area contributed by atoms with Gasteiger partial charge in [-0.05, 0) is 12.5 Å². The summed E-state index contributed by atoms with van der Waals surface area (Å²) >= 11 is 0. The number of hydrogen-bond acceptors (Lipinski definition) is 4. The van der Waals surface area contributed by atoms with Gasteiger partial charge in [-0.15, -0.1) is 0 Å². The molecule has 2 amide bonds. The van der Waals surface area contributed by atoms with E-state index in [4.69, 9.17) is 9.47 Å². The van der Waals surface area contributed by atoms with Crippen LogP contribution in [0.15, 0.2) is 30.3 Å². The lowest BCUT2D eigenvalue weighted by Gasteiger charge is -2.38. The van der Waals surface area contributed by atoms with Gasteiger partial charge in [-0.2, -0.15) is 0 Å². The van der Waals surface area contributed by atoms with Gasteiger partial charge < -0.3 is 19.3 Å². The highest BCUT2D eigenvalue weighted by atomic mass is 16.5. The number of methoxy groups -OCH3 is 1. The smallest absolute Gasteiger partial charge is 0.245 e. The van der Waals surface area contributed by atoms with Gasteiger partial charge in [0.2, 0.25) is 11.8 Å². The van der Waals surface area contributed by atoms with Crippen molar-refractivity contribution in [3.63, 3.8) is 0 Å². The van der Waals surface area contributed by atoms with Crippen molar-refractivity contribution in [2.45, 2.75) is 19.5 Å². The molecule has 0 unspecified atom stereocenters. The molecule has 1 aromatic carbocycles. The predicted octanol–water partition coefficient (Wildman–Crippen LogP) is 0.909. The lowest BCUT2D eigenvalue weighted by molar-refractivity contribution is -0.156. The first kappa shape index (κ1) is 17.4. The minimum absolute atomic E-state index is 0.0228. The Balaban J connectivity index is 1.88. The van der Waals surface area contributed by atoms with Crippen molar-refractivity contribution in [1.82, 2.24) is 9.80 Å². The first-order chi connectivity index (χ1) is 11.1. The van der Waals surface area contributed by atoms with Crippen LogP contribution in [-0.2, 0) is 25.6 Å². The van der Waals surface area contributed by atoms with Crippen molar-refractivity contribution in [1.29, 1.82) is 0 Å². The summed E-state index contributed by atoms with van der Waals surface area (Å²) in [7, 11) is 1.61. The van der Waals surface area contributed by atoms with Crippen LogP contribution in [0.5, 0.6) is 0 Å². The Bertz CT molecular complexity index is 521. The SMILES string of the molecule is COCCOCCN1C(=O)CN(Cc2ccccc2)C(=O)[C@H]1C. The third-order valence-electron chi connectivity index (χ3n) is 3.91. The molecule has 0 aliphatic carbocycles. The summed E-state index contributed by atoms with van der Waals surface area (Å²) < 4.78 is 10.3. The number of hydrogen-bond donors (Lipinski definition) is 0. The molecule has 0 radical (unpaired) electrons. The Hall–Kier alpha value is -1.92. The molecule has 1 fully saturated rings. The number of carbonyl (C=O) groups is 2. The van der Waals surface area contributed by atoms with Gasteiger partial charge in [0.25, 0.3) is 0 Å². The van der Waals surface area contributed by atoms with E-state index < -0.39 is 6.04 Å². The summed E-state index contributed by atoms with van der Waals surface area (Å²) in [5.41, 5.74) is 1.03. The minimum atomic E-state index is -0.453. The van der Waals surface area contributed by atoms with Crippen molar-refractivity contribution in [3.8, 4) is 0 Å². The molecule has 1 heterocycles. The summed E-state index contributed by atoms with van der Waals surface area (Å²) in [4.78, 5) is 28.0. The normalized spacial score (nSPS) is 18.6. The molecule has 2 rings (SSSR count). The summed E-state index contributed by atoms with van der Waals surface area (Å²) in [5.74, 6) is -0.0614. The van der Waals surface area contributed by atoms with Crippen molar-refractivity contribution < 1.29 is 19.1 Å². The molecule has 1 aliphatic rings. The van der Waals surface area contributed by atoms with Gasteiger partial charge in [-0.1, -0.05) is 30.3 Å². The third-order valence-corrected chi connectivity index (χ3v) is 3.91. The van der Waals surface area contributed by atoms with E-state index in [2.05, 4.69) is 0 Å². The Morgan fingerprint density at radius 2 is 1.87 bits per heavy atom. The molecule has 1 aromatic rings. The zero-order chi connectivity index (χ0) is 16.7. The summed E-state index contributed by atoms with van der Waals surface area (Å²) in [5, 5.41) is 0. The van der Waals surface area contributed by atoms with Crippen LogP contribution in [0.1, 0.15) is 12.5 Å². The van der Waals surface area contributed by atoms with Crippen LogP contribution < -0.4 is 0 Å². The third kappa shape index (κ3) is 4.77. The Morgan fingerprint density at radius 1 is 1.13 bits per heavy atom. The van der Waals surface area contributed by atoms with E-state index in [1.54, 1.807) is 23.8 Å². The molecule has 6 nitrogen and oxygen atoms in total. The van der Waals surface area contributed by atoms with Gasteiger partial charge in [0.15, 0.2) is 0 Å². The van der Waals surface area contributed by atoms with E-state index in [1.165, 1.54) is 0 Å². The van der Waals surface area contributed by atoms with Crippen LogP contribution in [0.4, 0.5) is 0 Å². The maximum atomic E-state index is 12.5. The van der Waals surface area contributed by atoms with E-state index in [0.29, 0.717) is 32.9 Å². The zero-order valence-corrected chi connectivity index (χ0v) is 13.7. The first-order valence-electron chi connectivity index (χ1n) is 7.82. The first-order valence-corrected chi connectivity index (χ1v) is 7.82. The second-order valence-corrected chi connectivity index (χ2v) is 5.55. The van der Waals surface area contributed by atoms with E-state index in [0.717, 1.165) is 5.56 Å². The number of amides is 2. The molecule has 1 saturated heterocycles. The molecule has 1 aliphatic heterocycles. The van der Waals surface area contributed by atoms with Crippen LogP contribution in [0.2, 0.25) is 0 Å². The lowest BCUT2D eigenvalue weighted by Crippen LogP contribution is -2.59. The number of ether oxygens (including phenoxy) is 2. The summed E-state index contributed by atoms with van der Waals surface area (Å²) in [6.07, 6.45) is 0. The van der Waals surface area contributed by atoms with Crippen molar-refractivity contribution in [2.24, 2.45) is 0 Å². The molecule has 1 atom stereocenters. The topological polar surface area (TPSA) is 59.1 Å². The van der Waals surface area contributed by atoms with E-state index in [-0.39, 0.29) is 18.4 Å². The number of nitrogens with zero attached hydrogens (tertiary/aromatic N) is 2. The van der Waals surface area contributed by atoms with Crippen LogP contribution in [0, 0.1) is 0 Å². The standard InChI is InChI=1S/C17H24N2O4/c1-14-17(21)18(12-15-6-4-3-5-7-15)13-16(20)19(14)8-9-23-11-10-22-2/h3-7,14H,8-13H2,1-2H3/t14-/m1/s1. The van der Waals surface area contributed by atoms with Gasteiger partial charge in [0.1, 0.15) is 12.6 Å². The minimum Gasteiger partial charge on any atom is -0.382 e. The molecule has 0 aromatic heterocycles. The van der Waals surface area contributed by atoms with Crippen molar-refractivity contribution in [2.75, 3.05) is 40.0 Å². The molecular formula is C17H24N2O4. The Morgan fingerprint density at radius 3 is 2.57 bits per heavy atom. The van der Waals surface area contributed by atoms with E-state index >= 15 is 0 Å². The van der Waals surface area contributed by atoms with Gasteiger partial charge in [-0.25, -0.2) is 0 Å². The van der Waals surface area contributed by atoms with Crippen molar-refractivity contribution >= 4 is 11.8 Å². The van der Waals surface area contributed by atoms with Gasteiger partial charge in [0.05, 0.1) is 19.8 Å². The average molecular weight is 320 g/mol. The van der Waals surface area contributed by atoms with Gasteiger partial charge in [-0.3, -0.25) is 9.59 Å². The van der Waals surface area contributed by atoms with E-state index in [1.807, 2.05) is 30.3 Å². The average Bonchev–Trinajstić information content (AvgIpc) is 2.56. The zero-order valence-electron chi connectivity index (χ0n) is 13.7. The molecule has 6 heteroatoms. The van der Waals surface area contributed by atoms with E-state index in [9.17, 15) is 9.59 Å². The lowest BCUT2D eigenvalue weighted by atomic mass is 10.1. The van der Waals surface area contributed by atoms with Gasteiger partial charge in [0, 0.05) is 20.2 Å². The van der Waals surface area contributed by atoms with Crippen LogP contribution in [0.3, 0.4) is 0 Å². The molecular weight excluding hydrogens is 296 g/mol. The molecule has 0 bridgehead atoms. The fourth-order valence-corrected chi connectivity index (χ4v) is 2.61. The molecule has 0 saturated carbocycles. The second kappa shape index (κ2) is 8.64. The largest absolute Gasteiger partial charge is 0.382 e. The molecule has 0 spiro atoms. The maximum absolute atomic E-state index is 12.5. The highest BCUT2D eigenvalue weighted by Crippen LogP contribution is 2.15. The van der Waals surface area contributed by atoms with Crippen LogP contribution in [0.25, 0.3) is 0 Å². The second-order valence-electron chi connectivity index (χ2n) is 5.55. The number of carbonyl (C=O) groups excluding carboxylic acids is 2. The Kier molecular flexibility index (Phi) is 6.55. The number of rotatable bonds is 8. The van der Waals surface area contributed by atoms with Crippen LogP contribution in [-0.4, -0.2) is 67.7 Å². The van der Waals surface area contributed by atoms with Crippen molar-refractivity contribution in [3.05, 3.63) is 35.9 Å². The fourth-order valence-electron chi connectivity index (χ4n) is 2.61. The number of piperazine rings is 1. The quantitative estimate of drug-likeness (QED) is 0.668. The number of benzene rings is 1.